The Hall–Kier alpha value is -3.91. The van der Waals surface area contributed by atoms with Gasteiger partial charge in [-0.15, -0.1) is 0 Å². The fraction of sp³-hybridized carbons (Fsp3) is 0.444. The number of hydrogen-bond donors (Lipinski definition) is 2. The summed E-state index contributed by atoms with van der Waals surface area (Å²) >= 11 is 0. The number of nitrogens with zero attached hydrogens (tertiary/aromatic N) is 2. The first-order chi connectivity index (χ1) is 21.4. The van der Waals surface area contributed by atoms with Gasteiger partial charge < -0.3 is 25.2 Å². The van der Waals surface area contributed by atoms with Gasteiger partial charge in [0.25, 0.3) is 5.91 Å². The molecule has 3 fully saturated rings. The Morgan fingerprint density at radius 2 is 1.73 bits per heavy atom. The lowest BCUT2D eigenvalue weighted by Crippen LogP contribution is -2.46. The molecule has 6 rings (SSSR count). The smallest absolute Gasteiger partial charge is 0.257 e. The Labute approximate surface area is 259 Å². The molecule has 0 aliphatic carbocycles. The molecule has 3 atom stereocenters. The number of amides is 2. The van der Waals surface area contributed by atoms with Crippen molar-refractivity contribution in [2.45, 2.75) is 64.5 Å². The number of hydrogen-bond acceptors (Lipinski definition) is 5. The van der Waals surface area contributed by atoms with Gasteiger partial charge in [-0.3, -0.25) is 9.59 Å². The Balaban J connectivity index is 1.31. The van der Waals surface area contributed by atoms with Gasteiger partial charge in [0.15, 0.2) is 0 Å². The number of nitrogens with one attached hydrogen (secondary N) is 2. The van der Waals surface area contributed by atoms with Gasteiger partial charge in [-0.1, -0.05) is 37.3 Å². The summed E-state index contributed by atoms with van der Waals surface area (Å²) in [6.45, 7) is 7.85. The number of ether oxygens (including phenoxy) is 1. The minimum absolute atomic E-state index is 0.0727. The van der Waals surface area contributed by atoms with Gasteiger partial charge in [-0.2, -0.15) is 0 Å². The zero-order valence-electron chi connectivity index (χ0n) is 25.8. The van der Waals surface area contributed by atoms with E-state index in [9.17, 15) is 9.59 Å². The normalized spacial score (nSPS) is 21.8. The highest BCUT2D eigenvalue weighted by Gasteiger charge is 2.40. The van der Waals surface area contributed by atoms with E-state index in [0.29, 0.717) is 31.6 Å². The number of aryl methyl sites for hydroxylation is 2. The van der Waals surface area contributed by atoms with Crippen LogP contribution < -0.4 is 15.5 Å². The third-order valence-electron chi connectivity index (χ3n) is 9.40. The molecule has 3 aliphatic heterocycles. The number of likely N-dealkylation sites (tertiary alicyclic amines) is 1. The first-order valence-electron chi connectivity index (χ1n) is 16.1. The van der Waals surface area contributed by atoms with Crippen LogP contribution in [0.3, 0.4) is 0 Å². The summed E-state index contributed by atoms with van der Waals surface area (Å²) in [7, 11) is 0. The minimum Gasteiger partial charge on any atom is -0.380 e. The molecular formula is C36H43FN4O3. The van der Waals surface area contributed by atoms with Crippen molar-refractivity contribution in [2.75, 3.05) is 48.4 Å². The zero-order chi connectivity index (χ0) is 30.6. The number of piperidine rings is 1. The van der Waals surface area contributed by atoms with E-state index < -0.39 is 17.8 Å². The first-order valence-corrected chi connectivity index (χ1v) is 16.1. The molecule has 3 aliphatic rings. The maximum atomic E-state index is 15.1. The van der Waals surface area contributed by atoms with Crippen molar-refractivity contribution in [1.29, 1.82) is 0 Å². The Morgan fingerprint density at radius 1 is 0.955 bits per heavy atom. The molecule has 3 saturated heterocycles. The van der Waals surface area contributed by atoms with E-state index in [1.165, 1.54) is 30.2 Å². The summed E-state index contributed by atoms with van der Waals surface area (Å²) in [6.07, 6.45) is 5.52. The second-order valence-electron chi connectivity index (χ2n) is 12.3. The van der Waals surface area contributed by atoms with Crippen LogP contribution in [0, 0.1) is 18.7 Å². The summed E-state index contributed by atoms with van der Waals surface area (Å²) in [5.41, 5.74) is 5.71. The molecule has 0 spiro atoms. The van der Waals surface area contributed by atoms with Crippen molar-refractivity contribution in [3.8, 4) is 0 Å². The van der Waals surface area contributed by atoms with E-state index in [2.05, 4.69) is 34.6 Å². The minimum atomic E-state index is -0.538. The topological polar surface area (TPSA) is 73.9 Å². The molecule has 0 saturated carbocycles. The highest BCUT2D eigenvalue weighted by molar-refractivity contribution is 5.98. The lowest BCUT2D eigenvalue weighted by atomic mass is 9.83. The fourth-order valence-corrected chi connectivity index (χ4v) is 7.05. The lowest BCUT2D eigenvalue weighted by Gasteiger charge is -2.41. The zero-order valence-corrected chi connectivity index (χ0v) is 25.8. The molecule has 44 heavy (non-hydrogen) atoms. The molecule has 3 aromatic rings. The Bertz CT molecular complexity index is 1460. The maximum absolute atomic E-state index is 15.1. The van der Waals surface area contributed by atoms with Crippen LogP contribution in [0.5, 0.6) is 0 Å². The molecule has 2 N–H and O–H groups in total. The third kappa shape index (κ3) is 6.32. The number of carbonyl (C=O) groups is 2. The molecule has 3 aromatic carbocycles. The van der Waals surface area contributed by atoms with E-state index >= 15 is 4.39 Å². The molecule has 7 nitrogen and oxygen atoms in total. The van der Waals surface area contributed by atoms with Crippen molar-refractivity contribution in [3.63, 3.8) is 0 Å². The average Bonchev–Trinajstić information content (AvgIpc) is 3.76. The van der Waals surface area contributed by atoms with Gasteiger partial charge in [0.1, 0.15) is 5.82 Å². The number of halogens is 1. The van der Waals surface area contributed by atoms with Crippen LogP contribution >= 0.6 is 0 Å². The van der Waals surface area contributed by atoms with Gasteiger partial charge in [0.05, 0.1) is 30.2 Å². The van der Waals surface area contributed by atoms with Crippen molar-refractivity contribution in [1.82, 2.24) is 4.90 Å². The molecule has 0 aromatic heterocycles. The standard InChI is InChI=1S/C36H43FN4O3/c1-3-25-11-16-28(22-32(25)40-18-4-5-19-40)39-35(42)30-9-7-20-41(36(43)33-24(2)8-6-10-31(33)37)34(30)26-12-14-27(15-13-26)38-29-17-21-44-23-29/h6,8,10-16,22,29-30,34,38H,3-5,7,9,17-21,23H2,1-2H3,(H,39,42). The highest BCUT2D eigenvalue weighted by atomic mass is 19.1. The fourth-order valence-electron chi connectivity index (χ4n) is 7.05. The van der Waals surface area contributed by atoms with Crippen LogP contribution in [0.4, 0.5) is 21.5 Å². The van der Waals surface area contributed by atoms with Crippen molar-refractivity contribution >= 4 is 28.9 Å². The van der Waals surface area contributed by atoms with E-state index in [-0.39, 0.29) is 23.4 Å². The summed E-state index contributed by atoms with van der Waals surface area (Å²) in [4.78, 5) is 32.3. The predicted octanol–water partition coefficient (Wildman–Crippen LogP) is 6.73. The number of benzene rings is 3. The van der Waals surface area contributed by atoms with E-state index in [0.717, 1.165) is 49.5 Å². The van der Waals surface area contributed by atoms with Crippen LogP contribution in [0.1, 0.15) is 72.1 Å². The van der Waals surface area contributed by atoms with Gasteiger partial charge in [0.2, 0.25) is 5.91 Å². The number of carbonyl (C=O) groups excluding carboxylic acids is 2. The van der Waals surface area contributed by atoms with Gasteiger partial charge in [-0.25, -0.2) is 4.39 Å². The van der Waals surface area contributed by atoms with Crippen LogP contribution in [0.15, 0.2) is 60.7 Å². The Morgan fingerprint density at radius 3 is 2.43 bits per heavy atom. The summed E-state index contributed by atoms with van der Waals surface area (Å²) in [5, 5.41) is 6.72. The van der Waals surface area contributed by atoms with Crippen LogP contribution in [-0.4, -0.2) is 55.6 Å². The average molecular weight is 599 g/mol. The monoisotopic (exact) mass is 598 g/mol. The molecule has 3 unspecified atom stereocenters. The van der Waals surface area contributed by atoms with Crippen molar-refractivity contribution < 1.29 is 18.7 Å². The van der Waals surface area contributed by atoms with Gasteiger partial charge in [0, 0.05) is 43.3 Å². The molecule has 2 amide bonds. The number of rotatable bonds is 8. The molecule has 3 heterocycles. The largest absolute Gasteiger partial charge is 0.380 e. The first kappa shape index (κ1) is 30.1. The second-order valence-corrected chi connectivity index (χ2v) is 12.3. The predicted molar refractivity (Wildman–Crippen MR) is 173 cm³/mol. The molecule has 232 valence electrons. The van der Waals surface area contributed by atoms with E-state index in [1.54, 1.807) is 24.0 Å². The highest BCUT2D eigenvalue weighted by Crippen LogP contribution is 2.39. The number of anilines is 3. The van der Waals surface area contributed by atoms with Crippen molar-refractivity contribution in [2.24, 2.45) is 5.92 Å². The van der Waals surface area contributed by atoms with Crippen LogP contribution in [-0.2, 0) is 16.0 Å². The third-order valence-corrected chi connectivity index (χ3v) is 9.40. The van der Waals surface area contributed by atoms with Gasteiger partial charge in [-0.05, 0) is 92.5 Å². The van der Waals surface area contributed by atoms with Crippen molar-refractivity contribution in [3.05, 3.63) is 88.7 Å². The molecule has 8 heteroatoms. The van der Waals surface area contributed by atoms with Crippen LogP contribution in [0.2, 0.25) is 0 Å². The summed E-state index contributed by atoms with van der Waals surface area (Å²) in [6, 6.07) is 18.6. The second kappa shape index (κ2) is 13.4. The van der Waals surface area contributed by atoms with E-state index in [4.69, 9.17) is 4.74 Å². The summed E-state index contributed by atoms with van der Waals surface area (Å²) < 4.78 is 20.6. The summed E-state index contributed by atoms with van der Waals surface area (Å²) in [5.74, 6) is -1.54. The SMILES string of the molecule is CCc1ccc(NC(=O)C2CCCN(C(=O)c3c(C)cccc3F)C2c2ccc(NC3CCOC3)cc2)cc1N1CCCC1. The maximum Gasteiger partial charge on any atom is 0.257 e. The molecular weight excluding hydrogens is 555 g/mol. The lowest BCUT2D eigenvalue weighted by molar-refractivity contribution is -0.123. The molecule has 0 bridgehead atoms. The Kier molecular flexibility index (Phi) is 9.17. The molecule has 0 radical (unpaired) electrons. The van der Waals surface area contributed by atoms with E-state index in [1.807, 2.05) is 30.3 Å². The van der Waals surface area contributed by atoms with Gasteiger partial charge >= 0.3 is 0 Å². The quantitative estimate of drug-likeness (QED) is 0.301. The van der Waals surface area contributed by atoms with Crippen LogP contribution in [0.25, 0.3) is 0 Å².